The van der Waals surface area contributed by atoms with E-state index in [0.717, 1.165) is 30.0 Å². The average Bonchev–Trinajstić information content (AvgIpc) is 2.48. The normalized spacial score (nSPS) is 11.3. The van der Waals surface area contributed by atoms with Crippen molar-refractivity contribution in [3.05, 3.63) is 47.8 Å². The summed E-state index contributed by atoms with van der Waals surface area (Å²) in [7, 11) is 0. The van der Waals surface area contributed by atoms with Gasteiger partial charge in [-0.2, -0.15) is 0 Å². The van der Waals surface area contributed by atoms with E-state index < -0.39 is 0 Å². The minimum Gasteiger partial charge on any atom is -0.312 e. The fraction of sp³-hybridized carbons (Fsp3) is 0.444. The van der Waals surface area contributed by atoms with E-state index in [9.17, 15) is 0 Å². The predicted molar refractivity (Wildman–Crippen MR) is 88.1 cm³/mol. The highest BCUT2D eigenvalue weighted by Gasteiger charge is 2.04. The fourth-order valence-electron chi connectivity index (χ4n) is 2.12. The van der Waals surface area contributed by atoms with Crippen LogP contribution in [0.1, 0.15) is 44.7 Å². The van der Waals surface area contributed by atoms with Crippen molar-refractivity contribution in [2.75, 3.05) is 6.54 Å². The number of rotatable bonds is 6. The molecule has 0 atom stereocenters. The van der Waals surface area contributed by atoms with E-state index >= 15 is 0 Å². The molecule has 0 saturated heterocycles. The first kappa shape index (κ1) is 15.6. The van der Waals surface area contributed by atoms with E-state index in [0.29, 0.717) is 11.8 Å². The summed E-state index contributed by atoms with van der Waals surface area (Å²) in [6.45, 7) is 10.6. The maximum absolute atomic E-state index is 4.47. The van der Waals surface area contributed by atoms with Gasteiger partial charge in [-0.3, -0.25) is 0 Å². The number of hydrogen-bond acceptors (Lipinski definition) is 3. The monoisotopic (exact) mass is 283 g/mol. The molecule has 0 fully saturated rings. The molecule has 1 aromatic heterocycles. The van der Waals surface area contributed by atoms with Crippen LogP contribution >= 0.6 is 0 Å². The molecule has 2 rings (SSSR count). The number of aromatic nitrogens is 2. The van der Waals surface area contributed by atoms with Crippen LogP contribution in [0.5, 0.6) is 0 Å². The molecule has 21 heavy (non-hydrogen) atoms. The Kier molecular flexibility index (Phi) is 5.45. The Morgan fingerprint density at radius 3 is 2.10 bits per heavy atom. The molecule has 0 aliphatic rings. The van der Waals surface area contributed by atoms with Crippen LogP contribution in [-0.2, 0) is 6.54 Å². The average molecular weight is 283 g/mol. The van der Waals surface area contributed by atoms with Crippen molar-refractivity contribution < 1.29 is 0 Å². The van der Waals surface area contributed by atoms with E-state index in [4.69, 9.17) is 0 Å². The molecule has 3 nitrogen and oxygen atoms in total. The second-order valence-corrected chi connectivity index (χ2v) is 6.22. The van der Waals surface area contributed by atoms with Crippen molar-refractivity contribution in [1.29, 1.82) is 0 Å². The fourth-order valence-corrected chi connectivity index (χ4v) is 2.12. The molecule has 3 heteroatoms. The maximum atomic E-state index is 4.47. The number of hydrogen-bond donors (Lipinski definition) is 1. The summed E-state index contributed by atoms with van der Waals surface area (Å²) in [6, 6.07) is 8.51. The van der Waals surface area contributed by atoms with Gasteiger partial charge in [0.25, 0.3) is 0 Å². The van der Waals surface area contributed by atoms with Gasteiger partial charge < -0.3 is 5.32 Å². The molecule has 0 bridgehead atoms. The van der Waals surface area contributed by atoms with Crippen molar-refractivity contribution in [2.45, 2.75) is 40.2 Å². The topological polar surface area (TPSA) is 37.8 Å². The Morgan fingerprint density at radius 2 is 1.57 bits per heavy atom. The second kappa shape index (κ2) is 7.32. The Balaban J connectivity index is 2.01. The molecule has 0 unspecified atom stereocenters. The summed E-state index contributed by atoms with van der Waals surface area (Å²) in [6.07, 6.45) is 3.82. The maximum Gasteiger partial charge on any atom is 0.159 e. The van der Waals surface area contributed by atoms with Crippen LogP contribution in [-0.4, -0.2) is 16.5 Å². The zero-order chi connectivity index (χ0) is 15.2. The second-order valence-electron chi connectivity index (χ2n) is 6.22. The van der Waals surface area contributed by atoms with Gasteiger partial charge >= 0.3 is 0 Å². The third-order valence-corrected chi connectivity index (χ3v) is 3.42. The molecule has 2 aromatic rings. The van der Waals surface area contributed by atoms with E-state index in [1.54, 1.807) is 0 Å². The SMILES string of the molecule is CC(C)CNCc1cnc(-c2ccc(C(C)C)cc2)nc1. The predicted octanol–water partition coefficient (Wildman–Crippen LogP) is 4.01. The first-order valence-corrected chi connectivity index (χ1v) is 7.68. The minimum absolute atomic E-state index is 0.550. The van der Waals surface area contributed by atoms with Crippen LogP contribution in [0.25, 0.3) is 11.4 Å². The van der Waals surface area contributed by atoms with Gasteiger partial charge in [-0.05, 0) is 23.9 Å². The first-order valence-electron chi connectivity index (χ1n) is 7.68. The molecular weight excluding hydrogens is 258 g/mol. The van der Waals surface area contributed by atoms with Crippen LogP contribution in [0.3, 0.4) is 0 Å². The molecule has 0 amide bonds. The summed E-state index contributed by atoms with van der Waals surface area (Å²) in [4.78, 5) is 8.94. The minimum atomic E-state index is 0.550. The molecule has 0 spiro atoms. The van der Waals surface area contributed by atoms with Gasteiger partial charge in [0.05, 0.1) is 0 Å². The van der Waals surface area contributed by atoms with Crippen LogP contribution in [0.2, 0.25) is 0 Å². The van der Waals surface area contributed by atoms with Crippen molar-refractivity contribution in [2.24, 2.45) is 5.92 Å². The van der Waals surface area contributed by atoms with E-state index in [2.05, 4.69) is 67.2 Å². The third-order valence-electron chi connectivity index (χ3n) is 3.42. The van der Waals surface area contributed by atoms with Gasteiger partial charge in [0.2, 0.25) is 0 Å². The van der Waals surface area contributed by atoms with Gasteiger partial charge in [-0.15, -0.1) is 0 Å². The lowest BCUT2D eigenvalue weighted by Crippen LogP contribution is -2.19. The summed E-state index contributed by atoms with van der Waals surface area (Å²) in [5.74, 6) is 2.00. The number of nitrogens with one attached hydrogen (secondary N) is 1. The van der Waals surface area contributed by atoms with Crippen molar-refractivity contribution in [3.8, 4) is 11.4 Å². The lowest BCUT2D eigenvalue weighted by Gasteiger charge is -2.08. The highest BCUT2D eigenvalue weighted by Crippen LogP contribution is 2.19. The highest BCUT2D eigenvalue weighted by atomic mass is 14.9. The molecule has 1 aromatic carbocycles. The molecule has 1 heterocycles. The van der Waals surface area contributed by atoms with Crippen LogP contribution in [0.15, 0.2) is 36.7 Å². The van der Waals surface area contributed by atoms with Crippen molar-refractivity contribution in [3.63, 3.8) is 0 Å². The van der Waals surface area contributed by atoms with E-state index in [1.165, 1.54) is 5.56 Å². The Labute approximate surface area is 127 Å². The lowest BCUT2D eigenvalue weighted by atomic mass is 10.0. The summed E-state index contributed by atoms with van der Waals surface area (Å²) < 4.78 is 0. The summed E-state index contributed by atoms with van der Waals surface area (Å²) >= 11 is 0. The molecule has 1 N–H and O–H groups in total. The molecule has 0 saturated carbocycles. The molecule has 0 aliphatic heterocycles. The number of benzene rings is 1. The molecular formula is C18H25N3. The molecule has 0 radical (unpaired) electrons. The lowest BCUT2D eigenvalue weighted by molar-refractivity contribution is 0.551. The third kappa shape index (κ3) is 4.64. The van der Waals surface area contributed by atoms with Gasteiger partial charge in [-0.25, -0.2) is 9.97 Å². The Morgan fingerprint density at radius 1 is 0.952 bits per heavy atom. The van der Waals surface area contributed by atoms with Gasteiger partial charge in [0.1, 0.15) is 0 Å². The zero-order valence-corrected chi connectivity index (χ0v) is 13.4. The van der Waals surface area contributed by atoms with E-state index in [1.807, 2.05) is 12.4 Å². The Bertz CT molecular complexity index is 542. The summed E-state index contributed by atoms with van der Waals surface area (Å²) in [5.41, 5.74) is 3.53. The smallest absolute Gasteiger partial charge is 0.159 e. The van der Waals surface area contributed by atoms with Gasteiger partial charge in [0, 0.05) is 30.1 Å². The van der Waals surface area contributed by atoms with Crippen LogP contribution in [0.4, 0.5) is 0 Å². The van der Waals surface area contributed by atoms with Crippen molar-refractivity contribution >= 4 is 0 Å². The van der Waals surface area contributed by atoms with Crippen molar-refractivity contribution in [1.82, 2.24) is 15.3 Å². The van der Waals surface area contributed by atoms with Crippen LogP contribution < -0.4 is 5.32 Å². The summed E-state index contributed by atoms with van der Waals surface area (Å²) in [5, 5.41) is 3.40. The highest BCUT2D eigenvalue weighted by molar-refractivity contribution is 5.55. The van der Waals surface area contributed by atoms with Crippen LogP contribution in [0, 0.1) is 5.92 Å². The standard InChI is InChI=1S/C18H25N3/c1-13(2)9-19-10-15-11-20-18(21-12-15)17-7-5-16(6-8-17)14(3)4/h5-8,11-14,19H,9-10H2,1-4H3. The van der Waals surface area contributed by atoms with Gasteiger partial charge in [0.15, 0.2) is 5.82 Å². The van der Waals surface area contributed by atoms with Gasteiger partial charge in [-0.1, -0.05) is 52.0 Å². The number of nitrogens with zero attached hydrogens (tertiary/aromatic N) is 2. The van der Waals surface area contributed by atoms with E-state index in [-0.39, 0.29) is 0 Å². The zero-order valence-electron chi connectivity index (χ0n) is 13.4. The quantitative estimate of drug-likeness (QED) is 0.870. The molecule has 112 valence electrons. The Hall–Kier alpha value is -1.74. The molecule has 0 aliphatic carbocycles. The first-order chi connectivity index (χ1) is 10.1. The largest absolute Gasteiger partial charge is 0.312 e.